The minimum atomic E-state index is -0.477. The van der Waals surface area contributed by atoms with Crippen molar-refractivity contribution in [3.05, 3.63) is 64.2 Å². The summed E-state index contributed by atoms with van der Waals surface area (Å²) in [6.45, 7) is 1.79. The molecule has 3 rings (SSSR count). The highest BCUT2D eigenvalue weighted by Gasteiger charge is 2.27. The van der Waals surface area contributed by atoms with Gasteiger partial charge in [0.05, 0.1) is 4.92 Å². The Hall–Kier alpha value is -2.93. The first-order chi connectivity index (χ1) is 12.1. The number of nitrogens with two attached hydrogens (primary N) is 1. The molecule has 1 atom stereocenters. The van der Waals surface area contributed by atoms with Gasteiger partial charge in [-0.2, -0.15) is 0 Å². The van der Waals surface area contributed by atoms with Gasteiger partial charge in [-0.25, -0.2) is 0 Å². The van der Waals surface area contributed by atoms with Crippen molar-refractivity contribution in [1.82, 2.24) is 4.90 Å². The van der Waals surface area contributed by atoms with Gasteiger partial charge in [0, 0.05) is 30.4 Å². The molecule has 1 heterocycles. The van der Waals surface area contributed by atoms with Crippen molar-refractivity contribution >= 4 is 23.0 Å². The van der Waals surface area contributed by atoms with Crippen LogP contribution in [0.5, 0.6) is 0 Å². The van der Waals surface area contributed by atoms with Gasteiger partial charge in [0.2, 0.25) is 0 Å². The molecular weight excluding hydrogens is 320 g/mol. The average Bonchev–Trinajstić information content (AvgIpc) is 3.11. The quantitative estimate of drug-likeness (QED) is 0.644. The van der Waals surface area contributed by atoms with Crippen molar-refractivity contribution in [2.45, 2.75) is 6.42 Å². The SMILES string of the molecule is NCC1CCN(C(=O)c2ccc(Nc3ccccc3)c([N+](=O)[O-])c2)C1. The van der Waals surface area contributed by atoms with E-state index in [1.54, 1.807) is 17.0 Å². The normalized spacial score (nSPS) is 16.7. The maximum absolute atomic E-state index is 12.6. The van der Waals surface area contributed by atoms with Gasteiger partial charge in [-0.05, 0) is 43.1 Å². The van der Waals surface area contributed by atoms with E-state index >= 15 is 0 Å². The molecule has 1 amide bonds. The van der Waals surface area contributed by atoms with Crippen LogP contribution in [0.1, 0.15) is 16.8 Å². The Bertz CT molecular complexity index is 779. The van der Waals surface area contributed by atoms with Crippen molar-refractivity contribution in [2.75, 3.05) is 25.0 Å². The topological polar surface area (TPSA) is 102 Å². The predicted octanol–water partition coefficient (Wildman–Crippen LogP) is 2.76. The van der Waals surface area contributed by atoms with E-state index in [0.717, 1.165) is 12.1 Å². The van der Waals surface area contributed by atoms with Gasteiger partial charge in [-0.15, -0.1) is 0 Å². The first-order valence-electron chi connectivity index (χ1n) is 8.18. The molecule has 0 spiro atoms. The Balaban J connectivity index is 1.84. The van der Waals surface area contributed by atoms with Gasteiger partial charge in [0.15, 0.2) is 0 Å². The number of nitrogens with zero attached hydrogens (tertiary/aromatic N) is 2. The smallest absolute Gasteiger partial charge is 0.293 e. The predicted molar refractivity (Wildman–Crippen MR) is 95.9 cm³/mol. The van der Waals surface area contributed by atoms with Crippen molar-refractivity contribution in [3.8, 4) is 0 Å². The van der Waals surface area contributed by atoms with Crippen molar-refractivity contribution in [3.63, 3.8) is 0 Å². The summed E-state index contributed by atoms with van der Waals surface area (Å²) in [6.07, 6.45) is 0.873. The number of nitro groups is 1. The van der Waals surface area contributed by atoms with Crippen LogP contribution in [0.4, 0.5) is 17.1 Å². The maximum Gasteiger partial charge on any atom is 0.293 e. The Morgan fingerprint density at radius 2 is 2.04 bits per heavy atom. The second kappa shape index (κ2) is 7.31. The van der Waals surface area contributed by atoms with Crippen LogP contribution in [-0.2, 0) is 0 Å². The number of para-hydroxylation sites is 1. The van der Waals surface area contributed by atoms with E-state index in [1.165, 1.54) is 6.07 Å². The molecule has 0 bridgehead atoms. The second-order valence-corrected chi connectivity index (χ2v) is 6.12. The number of hydrogen-bond acceptors (Lipinski definition) is 5. The van der Waals surface area contributed by atoms with E-state index in [-0.39, 0.29) is 11.6 Å². The molecule has 1 aliphatic heterocycles. The molecule has 130 valence electrons. The first-order valence-corrected chi connectivity index (χ1v) is 8.18. The van der Waals surface area contributed by atoms with Gasteiger partial charge in [-0.3, -0.25) is 14.9 Å². The van der Waals surface area contributed by atoms with E-state index < -0.39 is 4.92 Å². The minimum Gasteiger partial charge on any atom is -0.350 e. The zero-order valence-corrected chi connectivity index (χ0v) is 13.7. The Labute approximate surface area is 145 Å². The monoisotopic (exact) mass is 340 g/mol. The molecule has 2 aromatic carbocycles. The number of hydrogen-bond donors (Lipinski definition) is 2. The van der Waals surface area contributed by atoms with E-state index in [2.05, 4.69) is 5.32 Å². The number of nitro benzene ring substituents is 1. The van der Waals surface area contributed by atoms with E-state index in [1.807, 2.05) is 30.3 Å². The van der Waals surface area contributed by atoms with Crippen LogP contribution in [0.2, 0.25) is 0 Å². The summed E-state index contributed by atoms with van der Waals surface area (Å²) < 4.78 is 0. The number of carbonyl (C=O) groups excluding carboxylic acids is 1. The molecule has 3 N–H and O–H groups in total. The fraction of sp³-hybridized carbons (Fsp3) is 0.278. The summed E-state index contributed by atoms with van der Waals surface area (Å²) in [5.74, 6) is 0.114. The summed E-state index contributed by atoms with van der Waals surface area (Å²) in [4.78, 5) is 25.3. The molecule has 0 aliphatic carbocycles. The molecule has 7 heteroatoms. The highest BCUT2D eigenvalue weighted by Crippen LogP contribution is 2.29. The van der Waals surface area contributed by atoms with Crippen molar-refractivity contribution in [1.29, 1.82) is 0 Å². The molecule has 0 saturated carbocycles. The summed E-state index contributed by atoms with van der Waals surface area (Å²) in [5.41, 5.74) is 6.96. The van der Waals surface area contributed by atoms with Gasteiger partial charge in [0.1, 0.15) is 5.69 Å². The molecule has 1 aliphatic rings. The zero-order chi connectivity index (χ0) is 17.8. The van der Waals surface area contributed by atoms with Crippen LogP contribution >= 0.6 is 0 Å². The zero-order valence-electron chi connectivity index (χ0n) is 13.7. The Morgan fingerprint density at radius 1 is 1.28 bits per heavy atom. The number of amides is 1. The van der Waals surface area contributed by atoms with Gasteiger partial charge in [0.25, 0.3) is 11.6 Å². The van der Waals surface area contributed by atoms with Crippen LogP contribution in [0.15, 0.2) is 48.5 Å². The molecule has 1 saturated heterocycles. The van der Waals surface area contributed by atoms with Crippen LogP contribution in [0, 0.1) is 16.0 Å². The lowest BCUT2D eigenvalue weighted by Gasteiger charge is -2.16. The Morgan fingerprint density at radius 3 is 2.68 bits per heavy atom. The largest absolute Gasteiger partial charge is 0.350 e. The first kappa shape index (κ1) is 16.9. The summed E-state index contributed by atoms with van der Waals surface area (Å²) >= 11 is 0. The van der Waals surface area contributed by atoms with Crippen molar-refractivity contribution < 1.29 is 9.72 Å². The Kier molecular flexibility index (Phi) is 4.95. The molecule has 25 heavy (non-hydrogen) atoms. The van der Waals surface area contributed by atoms with Gasteiger partial charge < -0.3 is 16.0 Å². The van der Waals surface area contributed by atoms with Crippen molar-refractivity contribution in [2.24, 2.45) is 11.7 Å². The molecule has 2 aromatic rings. The summed E-state index contributed by atoms with van der Waals surface area (Å²) in [6, 6.07) is 13.7. The van der Waals surface area contributed by atoms with Crippen LogP contribution in [0.3, 0.4) is 0 Å². The van der Waals surface area contributed by atoms with E-state index in [0.29, 0.717) is 36.8 Å². The van der Waals surface area contributed by atoms with Gasteiger partial charge >= 0.3 is 0 Å². The third kappa shape index (κ3) is 3.77. The lowest BCUT2D eigenvalue weighted by Crippen LogP contribution is -2.29. The average molecular weight is 340 g/mol. The highest BCUT2D eigenvalue weighted by molar-refractivity contribution is 5.96. The lowest BCUT2D eigenvalue weighted by molar-refractivity contribution is -0.383. The molecule has 7 nitrogen and oxygen atoms in total. The maximum atomic E-state index is 12.6. The lowest BCUT2D eigenvalue weighted by atomic mass is 10.1. The molecule has 1 fully saturated rings. The number of nitrogens with one attached hydrogen (secondary N) is 1. The van der Waals surface area contributed by atoms with Crippen LogP contribution in [-0.4, -0.2) is 35.4 Å². The van der Waals surface area contributed by atoms with Gasteiger partial charge in [-0.1, -0.05) is 18.2 Å². The number of likely N-dealkylation sites (tertiary alicyclic amines) is 1. The highest BCUT2D eigenvalue weighted by atomic mass is 16.6. The molecule has 1 unspecified atom stereocenters. The molecule has 0 radical (unpaired) electrons. The second-order valence-electron chi connectivity index (χ2n) is 6.12. The number of rotatable bonds is 5. The third-order valence-corrected chi connectivity index (χ3v) is 4.40. The fourth-order valence-corrected chi connectivity index (χ4v) is 2.99. The van der Waals surface area contributed by atoms with Crippen LogP contribution in [0.25, 0.3) is 0 Å². The fourth-order valence-electron chi connectivity index (χ4n) is 2.99. The number of benzene rings is 2. The van der Waals surface area contributed by atoms with E-state index in [4.69, 9.17) is 5.73 Å². The number of carbonyl (C=O) groups is 1. The standard InChI is InChI=1S/C18H20N4O3/c19-11-13-8-9-21(12-13)18(23)14-6-7-16(17(10-14)22(24)25)20-15-4-2-1-3-5-15/h1-7,10,13,20H,8-9,11-12,19H2. The van der Waals surface area contributed by atoms with E-state index in [9.17, 15) is 14.9 Å². The molecule has 0 aromatic heterocycles. The summed E-state index contributed by atoms with van der Waals surface area (Å²) in [5, 5.41) is 14.5. The third-order valence-electron chi connectivity index (χ3n) is 4.40. The van der Waals surface area contributed by atoms with Crippen LogP contribution < -0.4 is 11.1 Å². The summed E-state index contributed by atoms with van der Waals surface area (Å²) in [7, 11) is 0. The number of anilines is 2. The molecular formula is C18H20N4O3. The minimum absolute atomic E-state index is 0.121.